The highest BCUT2D eigenvalue weighted by Gasteiger charge is 2.02. The van der Waals surface area contributed by atoms with Crippen LogP contribution in [0.15, 0.2) is 12.1 Å². The average molecular weight is 261 g/mol. The number of halogens is 1. The van der Waals surface area contributed by atoms with Crippen molar-refractivity contribution in [1.82, 2.24) is 5.32 Å². The number of hydrogen-bond donors (Lipinski definition) is 2. The van der Waals surface area contributed by atoms with Crippen LogP contribution in [0.5, 0.6) is 0 Å². The number of unbranched alkanes of at least 4 members (excludes halogenated alkanes) is 2. The van der Waals surface area contributed by atoms with Crippen molar-refractivity contribution in [3.8, 4) is 0 Å². The summed E-state index contributed by atoms with van der Waals surface area (Å²) in [4.78, 5) is 12.5. The van der Waals surface area contributed by atoms with Crippen LogP contribution in [0, 0.1) is 0 Å². The Morgan fingerprint density at radius 3 is 2.81 bits per heavy atom. The molecule has 3 nitrogen and oxygen atoms in total. The number of carbonyl (C=O) groups is 1. The van der Waals surface area contributed by atoms with E-state index in [1.54, 1.807) is 0 Å². The maximum Gasteiger partial charge on any atom is 0.220 e. The highest BCUT2D eigenvalue weighted by Crippen LogP contribution is 2.20. The molecule has 0 unspecified atom stereocenters. The molecule has 16 heavy (non-hydrogen) atoms. The second-order valence-corrected chi connectivity index (χ2v) is 5.38. The summed E-state index contributed by atoms with van der Waals surface area (Å²) in [5, 5.41) is 2.87. The van der Waals surface area contributed by atoms with E-state index in [2.05, 4.69) is 5.32 Å². The third-order valence-electron chi connectivity index (χ3n) is 2.20. The van der Waals surface area contributed by atoms with Gasteiger partial charge in [0.25, 0.3) is 0 Å². The lowest BCUT2D eigenvalue weighted by atomic mass is 10.2. The van der Waals surface area contributed by atoms with E-state index in [1.807, 2.05) is 12.1 Å². The van der Waals surface area contributed by atoms with Gasteiger partial charge in [0.15, 0.2) is 0 Å². The summed E-state index contributed by atoms with van der Waals surface area (Å²) in [7, 11) is 0. The zero-order chi connectivity index (χ0) is 11.8. The number of hydrogen-bond acceptors (Lipinski definition) is 3. The first-order valence-electron chi connectivity index (χ1n) is 5.43. The second kappa shape index (κ2) is 7.65. The molecule has 90 valence electrons. The molecule has 0 saturated heterocycles. The maximum absolute atomic E-state index is 11.4. The Morgan fingerprint density at radius 2 is 2.19 bits per heavy atom. The fraction of sp³-hybridized carbons (Fsp3) is 0.545. The zero-order valence-corrected chi connectivity index (χ0v) is 10.7. The van der Waals surface area contributed by atoms with Gasteiger partial charge in [-0.05, 0) is 31.5 Å². The summed E-state index contributed by atoms with van der Waals surface area (Å²) in [6, 6.07) is 3.77. The predicted octanol–water partition coefficient (Wildman–Crippen LogP) is 2.54. The standard InChI is InChI=1S/C11H17ClN2OS/c12-10-6-5-9(16-10)8-14-11(15)4-2-1-3-7-13/h5-6H,1-4,7-8,13H2,(H,14,15). The van der Waals surface area contributed by atoms with Crippen LogP contribution in [0.2, 0.25) is 4.34 Å². The third-order valence-corrected chi connectivity index (χ3v) is 3.43. The molecule has 0 saturated carbocycles. The van der Waals surface area contributed by atoms with Crippen molar-refractivity contribution >= 4 is 28.8 Å². The number of nitrogens with one attached hydrogen (secondary N) is 1. The minimum atomic E-state index is 0.0987. The van der Waals surface area contributed by atoms with Crippen LogP contribution in [0.4, 0.5) is 0 Å². The van der Waals surface area contributed by atoms with Gasteiger partial charge in [0.05, 0.1) is 10.9 Å². The molecule has 0 radical (unpaired) electrons. The van der Waals surface area contributed by atoms with Crippen molar-refractivity contribution in [3.63, 3.8) is 0 Å². The van der Waals surface area contributed by atoms with Crippen molar-refractivity contribution < 1.29 is 4.79 Å². The van der Waals surface area contributed by atoms with Crippen LogP contribution in [0.1, 0.15) is 30.6 Å². The molecule has 5 heteroatoms. The average Bonchev–Trinajstić information content (AvgIpc) is 2.68. The van der Waals surface area contributed by atoms with Crippen LogP contribution in [0.25, 0.3) is 0 Å². The Balaban J connectivity index is 2.10. The summed E-state index contributed by atoms with van der Waals surface area (Å²) in [6.45, 7) is 1.28. The van der Waals surface area contributed by atoms with Gasteiger partial charge in [-0.15, -0.1) is 11.3 Å². The predicted molar refractivity (Wildman–Crippen MR) is 68.7 cm³/mol. The number of carbonyl (C=O) groups excluding carboxylic acids is 1. The van der Waals surface area contributed by atoms with Gasteiger partial charge < -0.3 is 11.1 Å². The summed E-state index contributed by atoms with van der Waals surface area (Å²) in [5.74, 6) is 0.0987. The van der Waals surface area contributed by atoms with E-state index in [9.17, 15) is 4.79 Å². The smallest absolute Gasteiger partial charge is 0.220 e. The monoisotopic (exact) mass is 260 g/mol. The molecule has 1 aromatic rings. The molecule has 0 atom stereocenters. The molecule has 1 amide bonds. The number of thiophene rings is 1. The largest absolute Gasteiger partial charge is 0.351 e. The van der Waals surface area contributed by atoms with Gasteiger partial charge >= 0.3 is 0 Å². The van der Waals surface area contributed by atoms with Crippen molar-refractivity contribution in [2.45, 2.75) is 32.2 Å². The Kier molecular flexibility index (Phi) is 6.45. The summed E-state index contributed by atoms with van der Waals surface area (Å²) >= 11 is 7.28. The SMILES string of the molecule is NCCCCCC(=O)NCc1ccc(Cl)s1. The van der Waals surface area contributed by atoms with Gasteiger partial charge in [0, 0.05) is 11.3 Å². The molecule has 0 fully saturated rings. The minimum Gasteiger partial charge on any atom is -0.351 e. The molecule has 1 aromatic heterocycles. The highest BCUT2D eigenvalue weighted by atomic mass is 35.5. The summed E-state index contributed by atoms with van der Waals surface area (Å²) in [5.41, 5.74) is 5.37. The molecule has 1 heterocycles. The number of amides is 1. The molecule has 0 bridgehead atoms. The van der Waals surface area contributed by atoms with Gasteiger partial charge in [-0.2, -0.15) is 0 Å². The van der Waals surface area contributed by atoms with E-state index in [1.165, 1.54) is 11.3 Å². The van der Waals surface area contributed by atoms with E-state index < -0.39 is 0 Å². The lowest BCUT2D eigenvalue weighted by Crippen LogP contribution is -2.21. The zero-order valence-electron chi connectivity index (χ0n) is 9.17. The van der Waals surface area contributed by atoms with E-state index in [4.69, 9.17) is 17.3 Å². The molecular weight excluding hydrogens is 244 g/mol. The fourth-order valence-electron chi connectivity index (χ4n) is 1.33. The van der Waals surface area contributed by atoms with Crippen molar-refractivity contribution in [2.75, 3.05) is 6.54 Å². The van der Waals surface area contributed by atoms with E-state index in [0.717, 1.165) is 28.5 Å². The Bertz CT molecular complexity index is 328. The van der Waals surface area contributed by atoms with Crippen LogP contribution >= 0.6 is 22.9 Å². The van der Waals surface area contributed by atoms with Crippen LogP contribution in [-0.4, -0.2) is 12.5 Å². The van der Waals surface area contributed by atoms with Gasteiger partial charge in [-0.25, -0.2) is 0 Å². The maximum atomic E-state index is 11.4. The number of nitrogens with two attached hydrogens (primary N) is 1. The van der Waals surface area contributed by atoms with Crippen LogP contribution in [-0.2, 0) is 11.3 Å². The van der Waals surface area contributed by atoms with E-state index >= 15 is 0 Å². The van der Waals surface area contributed by atoms with Crippen molar-refractivity contribution in [3.05, 3.63) is 21.3 Å². The quantitative estimate of drug-likeness (QED) is 0.741. The third kappa shape index (κ3) is 5.49. The van der Waals surface area contributed by atoms with Gasteiger partial charge in [-0.3, -0.25) is 4.79 Å². The topological polar surface area (TPSA) is 55.1 Å². The normalized spacial score (nSPS) is 10.4. The summed E-state index contributed by atoms with van der Waals surface area (Å²) < 4.78 is 0.757. The lowest BCUT2D eigenvalue weighted by Gasteiger charge is -2.03. The fourth-order valence-corrected chi connectivity index (χ4v) is 2.35. The van der Waals surface area contributed by atoms with E-state index in [-0.39, 0.29) is 5.91 Å². The van der Waals surface area contributed by atoms with Crippen LogP contribution < -0.4 is 11.1 Å². The molecule has 0 aliphatic heterocycles. The lowest BCUT2D eigenvalue weighted by molar-refractivity contribution is -0.121. The number of rotatable bonds is 7. The van der Waals surface area contributed by atoms with Gasteiger partial charge in [0.1, 0.15) is 0 Å². The van der Waals surface area contributed by atoms with Crippen molar-refractivity contribution in [2.24, 2.45) is 5.73 Å². The molecule has 3 N–H and O–H groups in total. The van der Waals surface area contributed by atoms with Gasteiger partial charge in [-0.1, -0.05) is 18.0 Å². The van der Waals surface area contributed by atoms with Crippen LogP contribution in [0.3, 0.4) is 0 Å². The minimum absolute atomic E-state index is 0.0987. The molecule has 0 aliphatic rings. The molecular formula is C11H17ClN2OS. The second-order valence-electron chi connectivity index (χ2n) is 3.58. The first kappa shape index (κ1) is 13.5. The molecule has 0 spiro atoms. The molecule has 0 aromatic carbocycles. The molecule has 0 aliphatic carbocycles. The Hall–Kier alpha value is -0.580. The van der Waals surface area contributed by atoms with Crippen molar-refractivity contribution in [1.29, 1.82) is 0 Å². The first-order valence-corrected chi connectivity index (χ1v) is 6.63. The Labute approximate surface area is 105 Å². The Morgan fingerprint density at radius 1 is 1.38 bits per heavy atom. The summed E-state index contributed by atoms with van der Waals surface area (Å²) in [6.07, 6.45) is 3.51. The van der Waals surface area contributed by atoms with E-state index in [0.29, 0.717) is 19.5 Å². The first-order chi connectivity index (χ1) is 7.72. The molecule has 1 rings (SSSR count). The highest BCUT2D eigenvalue weighted by molar-refractivity contribution is 7.16. The van der Waals surface area contributed by atoms with Gasteiger partial charge in [0.2, 0.25) is 5.91 Å².